The highest BCUT2D eigenvalue weighted by atomic mass is 16.3. The summed E-state index contributed by atoms with van der Waals surface area (Å²) in [6, 6.07) is 1.04. The Morgan fingerprint density at radius 3 is 2.56 bits per heavy atom. The highest BCUT2D eigenvalue weighted by molar-refractivity contribution is 5.80. The van der Waals surface area contributed by atoms with Crippen LogP contribution in [0.5, 0.6) is 0 Å². The van der Waals surface area contributed by atoms with Gasteiger partial charge in [-0.25, -0.2) is 0 Å². The van der Waals surface area contributed by atoms with Crippen LogP contribution in [0.15, 0.2) is 0 Å². The highest BCUT2D eigenvalue weighted by Crippen LogP contribution is 2.34. The van der Waals surface area contributed by atoms with Gasteiger partial charge in [-0.05, 0) is 19.3 Å². The van der Waals surface area contributed by atoms with Crippen molar-refractivity contribution in [2.24, 2.45) is 5.92 Å². The van der Waals surface area contributed by atoms with Gasteiger partial charge < -0.3 is 15.3 Å². The second kappa shape index (κ2) is 5.15. The third-order valence-electron chi connectivity index (χ3n) is 4.72. The maximum Gasteiger partial charge on any atom is 0.227 e. The second-order valence-electron chi connectivity index (χ2n) is 5.78. The molecule has 0 aromatic rings. The van der Waals surface area contributed by atoms with Gasteiger partial charge in [0.2, 0.25) is 5.91 Å². The zero-order valence-electron chi connectivity index (χ0n) is 10.8. The molecule has 1 amide bonds. The quantitative estimate of drug-likeness (QED) is 0.696. The Kier molecular flexibility index (Phi) is 3.54. The van der Waals surface area contributed by atoms with E-state index in [2.05, 4.69) is 10.2 Å². The van der Waals surface area contributed by atoms with E-state index < -0.39 is 0 Å². The molecule has 0 aliphatic carbocycles. The lowest BCUT2D eigenvalue weighted by Crippen LogP contribution is -2.52. The largest absolute Gasteiger partial charge is 0.395 e. The van der Waals surface area contributed by atoms with Crippen molar-refractivity contribution in [2.45, 2.75) is 31.3 Å². The van der Waals surface area contributed by atoms with Crippen molar-refractivity contribution in [3.63, 3.8) is 0 Å². The molecular formula is C13H23N3O2. The zero-order valence-corrected chi connectivity index (χ0v) is 10.8. The number of rotatable bonds is 3. The average molecular weight is 253 g/mol. The lowest BCUT2D eigenvalue weighted by atomic mass is 9.88. The molecule has 0 aromatic heterocycles. The number of carbonyl (C=O) groups excluding carboxylic acids is 1. The van der Waals surface area contributed by atoms with E-state index in [0.29, 0.717) is 18.0 Å². The first-order valence-electron chi connectivity index (χ1n) is 7.16. The maximum atomic E-state index is 12.5. The van der Waals surface area contributed by atoms with Gasteiger partial charge in [0, 0.05) is 44.8 Å². The molecule has 2 N–H and O–H groups in total. The molecule has 3 atom stereocenters. The standard InChI is InChI=1S/C13H23N3O2/c17-8-7-15-3-5-16(6-4-15)13(18)11-9-10-1-2-12(11)14-10/h10-12,14,17H,1-9H2. The fraction of sp³-hybridized carbons (Fsp3) is 0.923. The minimum absolute atomic E-state index is 0.213. The van der Waals surface area contributed by atoms with Crippen LogP contribution >= 0.6 is 0 Å². The molecule has 0 saturated carbocycles. The Morgan fingerprint density at radius 1 is 1.22 bits per heavy atom. The lowest BCUT2D eigenvalue weighted by molar-refractivity contribution is -0.138. The molecule has 3 unspecified atom stereocenters. The molecule has 3 aliphatic heterocycles. The van der Waals surface area contributed by atoms with Gasteiger partial charge in [0.25, 0.3) is 0 Å². The van der Waals surface area contributed by atoms with Crippen molar-refractivity contribution >= 4 is 5.91 Å². The molecule has 5 nitrogen and oxygen atoms in total. The Balaban J connectivity index is 1.52. The summed E-state index contributed by atoms with van der Waals surface area (Å²) in [4.78, 5) is 16.7. The van der Waals surface area contributed by atoms with Crippen LogP contribution < -0.4 is 5.32 Å². The molecule has 0 radical (unpaired) electrons. The van der Waals surface area contributed by atoms with Crippen LogP contribution in [0.2, 0.25) is 0 Å². The van der Waals surface area contributed by atoms with Gasteiger partial charge in [-0.1, -0.05) is 0 Å². The number of amides is 1. The molecule has 0 spiro atoms. The van der Waals surface area contributed by atoms with E-state index in [1.165, 1.54) is 12.8 Å². The number of β-amino-alcohol motifs (C(OH)–C–C–N with tert-alkyl or cyclic N) is 1. The number of carbonyl (C=O) groups is 1. The van der Waals surface area contributed by atoms with E-state index in [4.69, 9.17) is 5.11 Å². The summed E-state index contributed by atoms with van der Waals surface area (Å²) in [7, 11) is 0. The summed E-state index contributed by atoms with van der Waals surface area (Å²) in [5, 5.41) is 12.4. The van der Waals surface area contributed by atoms with Crippen LogP contribution in [-0.4, -0.2) is 72.2 Å². The number of aliphatic hydroxyl groups is 1. The first kappa shape index (κ1) is 12.4. The molecule has 2 bridgehead atoms. The average Bonchev–Trinajstić information content (AvgIpc) is 3.01. The van der Waals surface area contributed by atoms with Gasteiger partial charge in [0.05, 0.1) is 12.5 Å². The Morgan fingerprint density at radius 2 is 2.00 bits per heavy atom. The number of nitrogens with one attached hydrogen (secondary N) is 1. The monoisotopic (exact) mass is 253 g/mol. The maximum absolute atomic E-state index is 12.5. The number of hydrogen-bond donors (Lipinski definition) is 2. The zero-order chi connectivity index (χ0) is 12.5. The summed E-state index contributed by atoms with van der Waals surface area (Å²) in [6.07, 6.45) is 3.46. The van der Waals surface area contributed by atoms with Crippen LogP contribution in [0.1, 0.15) is 19.3 Å². The number of piperazine rings is 1. The molecule has 5 heteroatoms. The van der Waals surface area contributed by atoms with Crippen LogP contribution in [-0.2, 0) is 4.79 Å². The van der Waals surface area contributed by atoms with Gasteiger partial charge in [-0.15, -0.1) is 0 Å². The van der Waals surface area contributed by atoms with E-state index in [0.717, 1.165) is 39.1 Å². The van der Waals surface area contributed by atoms with Crippen LogP contribution in [0.25, 0.3) is 0 Å². The molecule has 3 rings (SSSR count). The van der Waals surface area contributed by atoms with Crippen molar-refractivity contribution < 1.29 is 9.90 Å². The molecule has 3 saturated heterocycles. The van der Waals surface area contributed by atoms with Crippen LogP contribution in [0.3, 0.4) is 0 Å². The molecule has 0 aromatic carbocycles. The summed E-state index contributed by atoms with van der Waals surface area (Å²) >= 11 is 0. The molecule has 102 valence electrons. The van der Waals surface area contributed by atoms with E-state index in [9.17, 15) is 4.79 Å². The number of nitrogens with zero attached hydrogens (tertiary/aromatic N) is 2. The van der Waals surface area contributed by atoms with E-state index in [1.54, 1.807) is 0 Å². The Bertz CT molecular complexity index is 315. The van der Waals surface area contributed by atoms with Crippen molar-refractivity contribution in [3.05, 3.63) is 0 Å². The number of aliphatic hydroxyl groups excluding tert-OH is 1. The molecular weight excluding hydrogens is 230 g/mol. The third-order valence-corrected chi connectivity index (χ3v) is 4.72. The molecule has 18 heavy (non-hydrogen) atoms. The highest BCUT2D eigenvalue weighted by Gasteiger charge is 2.44. The third kappa shape index (κ3) is 2.27. The molecule has 3 aliphatic rings. The van der Waals surface area contributed by atoms with Gasteiger partial charge in [-0.2, -0.15) is 0 Å². The smallest absolute Gasteiger partial charge is 0.227 e. The van der Waals surface area contributed by atoms with Gasteiger partial charge in [-0.3, -0.25) is 9.69 Å². The minimum Gasteiger partial charge on any atom is -0.395 e. The molecule has 3 fully saturated rings. The van der Waals surface area contributed by atoms with Gasteiger partial charge in [0.1, 0.15) is 0 Å². The fourth-order valence-corrected chi connectivity index (χ4v) is 3.66. The number of fused-ring (bicyclic) bond motifs is 2. The Labute approximate surface area is 108 Å². The molecule has 3 heterocycles. The van der Waals surface area contributed by atoms with Crippen LogP contribution in [0, 0.1) is 5.92 Å². The van der Waals surface area contributed by atoms with E-state index in [1.807, 2.05) is 4.90 Å². The number of hydrogen-bond acceptors (Lipinski definition) is 4. The fourth-order valence-electron chi connectivity index (χ4n) is 3.66. The SMILES string of the molecule is O=C(C1CC2CCC1N2)N1CCN(CCO)CC1. The Hall–Kier alpha value is -0.650. The van der Waals surface area contributed by atoms with Crippen molar-refractivity contribution in [1.82, 2.24) is 15.1 Å². The first-order valence-corrected chi connectivity index (χ1v) is 7.16. The van der Waals surface area contributed by atoms with Crippen molar-refractivity contribution in [3.8, 4) is 0 Å². The summed E-state index contributed by atoms with van der Waals surface area (Å²) in [5.74, 6) is 0.589. The van der Waals surface area contributed by atoms with Gasteiger partial charge in [0.15, 0.2) is 0 Å². The topological polar surface area (TPSA) is 55.8 Å². The first-order chi connectivity index (χ1) is 8.78. The summed E-state index contributed by atoms with van der Waals surface area (Å²) < 4.78 is 0. The van der Waals surface area contributed by atoms with E-state index >= 15 is 0 Å². The lowest BCUT2D eigenvalue weighted by Gasteiger charge is -2.36. The van der Waals surface area contributed by atoms with E-state index in [-0.39, 0.29) is 12.5 Å². The van der Waals surface area contributed by atoms with Crippen LogP contribution in [0.4, 0.5) is 0 Å². The van der Waals surface area contributed by atoms with Gasteiger partial charge >= 0.3 is 0 Å². The second-order valence-corrected chi connectivity index (χ2v) is 5.78. The normalized spacial score (nSPS) is 36.3. The minimum atomic E-state index is 0.213. The predicted molar refractivity (Wildman–Crippen MR) is 68.2 cm³/mol. The summed E-state index contributed by atoms with van der Waals surface area (Å²) in [6.45, 7) is 4.41. The van der Waals surface area contributed by atoms with Crippen molar-refractivity contribution in [2.75, 3.05) is 39.3 Å². The summed E-state index contributed by atoms with van der Waals surface area (Å²) in [5.41, 5.74) is 0. The van der Waals surface area contributed by atoms with Crippen molar-refractivity contribution in [1.29, 1.82) is 0 Å². The predicted octanol–water partition coefficient (Wildman–Crippen LogP) is -0.737.